The lowest BCUT2D eigenvalue weighted by molar-refractivity contribution is 0.0184. The van der Waals surface area contributed by atoms with E-state index < -0.39 is 11.6 Å². The first-order chi connectivity index (χ1) is 10.7. The SMILES string of the molecule is CC(C)(C)OC(=O)N1CCC(Cc2ccc(C(=O)O)nc2)CC1. The molecule has 126 valence electrons. The Labute approximate surface area is 136 Å². The molecular weight excluding hydrogens is 296 g/mol. The van der Waals surface area contributed by atoms with Gasteiger partial charge in [-0.3, -0.25) is 0 Å². The Kier molecular flexibility index (Phi) is 5.23. The van der Waals surface area contributed by atoms with Gasteiger partial charge in [0.2, 0.25) is 0 Å². The maximum atomic E-state index is 12.0. The summed E-state index contributed by atoms with van der Waals surface area (Å²) in [5.74, 6) is -0.534. The monoisotopic (exact) mass is 320 g/mol. The van der Waals surface area contributed by atoms with Gasteiger partial charge in [0.25, 0.3) is 0 Å². The van der Waals surface area contributed by atoms with Gasteiger partial charge in [0.05, 0.1) is 0 Å². The van der Waals surface area contributed by atoms with E-state index in [1.54, 1.807) is 11.1 Å². The summed E-state index contributed by atoms with van der Waals surface area (Å²) in [7, 11) is 0. The van der Waals surface area contributed by atoms with Crippen LogP contribution >= 0.6 is 0 Å². The van der Waals surface area contributed by atoms with E-state index in [4.69, 9.17) is 9.84 Å². The summed E-state index contributed by atoms with van der Waals surface area (Å²) in [6.07, 6.45) is 4.07. The van der Waals surface area contributed by atoms with Gasteiger partial charge in [0.1, 0.15) is 11.3 Å². The molecule has 0 atom stereocenters. The molecule has 0 spiro atoms. The summed E-state index contributed by atoms with van der Waals surface area (Å²) < 4.78 is 5.39. The number of aromatic carboxylic acids is 1. The van der Waals surface area contributed by atoms with Crippen LogP contribution in [-0.4, -0.2) is 45.7 Å². The third kappa shape index (κ3) is 5.23. The second kappa shape index (κ2) is 6.98. The fourth-order valence-electron chi connectivity index (χ4n) is 2.65. The zero-order valence-electron chi connectivity index (χ0n) is 13.9. The van der Waals surface area contributed by atoms with Crippen molar-refractivity contribution in [3.05, 3.63) is 29.6 Å². The van der Waals surface area contributed by atoms with E-state index >= 15 is 0 Å². The summed E-state index contributed by atoms with van der Waals surface area (Å²) in [5, 5.41) is 8.85. The summed E-state index contributed by atoms with van der Waals surface area (Å²) in [6, 6.07) is 3.35. The number of ether oxygens (including phenoxy) is 1. The number of amides is 1. The number of hydrogen-bond acceptors (Lipinski definition) is 4. The standard InChI is InChI=1S/C17H24N2O4/c1-17(2,3)23-16(22)19-8-6-12(7-9-19)10-13-4-5-14(15(20)21)18-11-13/h4-5,11-12H,6-10H2,1-3H3,(H,20,21). The van der Waals surface area contributed by atoms with E-state index in [1.807, 2.05) is 26.8 Å². The first kappa shape index (κ1) is 17.2. The minimum absolute atomic E-state index is 0.0634. The second-order valence-corrected chi connectivity index (χ2v) is 6.97. The van der Waals surface area contributed by atoms with E-state index in [2.05, 4.69) is 4.98 Å². The van der Waals surface area contributed by atoms with Crippen LogP contribution in [0.15, 0.2) is 18.3 Å². The van der Waals surface area contributed by atoms with Crippen molar-refractivity contribution in [3.63, 3.8) is 0 Å². The molecule has 1 aliphatic rings. The number of carboxylic acids is 1. The van der Waals surface area contributed by atoms with Crippen LogP contribution in [0.2, 0.25) is 0 Å². The molecule has 2 rings (SSSR count). The van der Waals surface area contributed by atoms with Crippen molar-refractivity contribution in [1.29, 1.82) is 0 Å². The van der Waals surface area contributed by atoms with E-state index in [-0.39, 0.29) is 11.8 Å². The second-order valence-electron chi connectivity index (χ2n) is 6.97. The Balaban J connectivity index is 1.82. The van der Waals surface area contributed by atoms with Crippen LogP contribution in [0.1, 0.15) is 49.7 Å². The molecule has 1 N–H and O–H groups in total. The van der Waals surface area contributed by atoms with Crippen LogP contribution < -0.4 is 0 Å². The number of carbonyl (C=O) groups excluding carboxylic acids is 1. The van der Waals surface area contributed by atoms with Gasteiger partial charge in [-0.1, -0.05) is 6.07 Å². The van der Waals surface area contributed by atoms with Gasteiger partial charge in [-0.15, -0.1) is 0 Å². The van der Waals surface area contributed by atoms with Gasteiger partial charge in [0, 0.05) is 19.3 Å². The fraction of sp³-hybridized carbons (Fsp3) is 0.588. The lowest BCUT2D eigenvalue weighted by Gasteiger charge is -2.33. The van der Waals surface area contributed by atoms with Gasteiger partial charge in [-0.05, 0) is 57.6 Å². The quantitative estimate of drug-likeness (QED) is 0.926. The van der Waals surface area contributed by atoms with Crippen molar-refractivity contribution in [2.24, 2.45) is 5.92 Å². The summed E-state index contributed by atoms with van der Waals surface area (Å²) in [4.78, 5) is 28.5. The predicted octanol–water partition coefficient (Wildman–Crippen LogP) is 2.97. The van der Waals surface area contributed by atoms with E-state index in [0.29, 0.717) is 19.0 Å². The summed E-state index contributed by atoms with van der Waals surface area (Å²) in [6.45, 7) is 6.99. The minimum Gasteiger partial charge on any atom is -0.477 e. The first-order valence-corrected chi connectivity index (χ1v) is 7.91. The molecule has 6 heteroatoms. The molecule has 2 heterocycles. The first-order valence-electron chi connectivity index (χ1n) is 7.91. The molecule has 1 aromatic rings. The molecule has 0 saturated carbocycles. The number of carbonyl (C=O) groups is 2. The Bertz CT molecular complexity index is 555. The molecule has 1 aromatic heterocycles. The highest BCUT2D eigenvalue weighted by Crippen LogP contribution is 2.23. The molecule has 0 aromatic carbocycles. The van der Waals surface area contributed by atoms with Crippen molar-refractivity contribution in [1.82, 2.24) is 9.88 Å². The molecule has 0 unspecified atom stereocenters. The van der Waals surface area contributed by atoms with Gasteiger partial charge in [-0.25, -0.2) is 14.6 Å². The maximum Gasteiger partial charge on any atom is 0.410 e. The van der Waals surface area contributed by atoms with Crippen LogP contribution in [0, 0.1) is 5.92 Å². The van der Waals surface area contributed by atoms with Crippen molar-refractivity contribution < 1.29 is 19.4 Å². The summed E-state index contributed by atoms with van der Waals surface area (Å²) in [5.41, 5.74) is 0.630. The van der Waals surface area contributed by atoms with Crippen LogP contribution in [0.4, 0.5) is 4.79 Å². The molecule has 1 aliphatic heterocycles. The Morgan fingerprint density at radius 1 is 1.30 bits per heavy atom. The molecule has 23 heavy (non-hydrogen) atoms. The molecule has 0 bridgehead atoms. The number of rotatable bonds is 3. The number of nitrogens with zero attached hydrogens (tertiary/aromatic N) is 2. The number of piperidine rings is 1. The van der Waals surface area contributed by atoms with Crippen LogP contribution in [0.3, 0.4) is 0 Å². The van der Waals surface area contributed by atoms with E-state index in [1.165, 1.54) is 6.07 Å². The highest BCUT2D eigenvalue weighted by atomic mass is 16.6. The highest BCUT2D eigenvalue weighted by Gasteiger charge is 2.26. The third-order valence-electron chi connectivity index (χ3n) is 3.83. The Morgan fingerprint density at radius 2 is 1.96 bits per heavy atom. The number of hydrogen-bond donors (Lipinski definition) is 1. The van der Waals surface area contributed by atoms with Crippen LogP contribution in [0.25, 0.3) is 0 Å². The Morgan fingerprint density at radius 3 is 2.43 bits per heavy atom. The smallest absolute Gasteiger partial charge is 0.410 e. The fourth-order valence-corrected chi connectivity index (χ4v) is 2.65. The molecule has 1 amide bonds. The number of carboxylic acid groups (broad SMARTS) is 1. The third-order valence-corrected chi connectivity index (χ3v) is 3.83. The van der Waals surface area contributed by atoms with Gasteiger partial charge < -0.3 is 14.7 Å². The van der Waals surface area contributed by atoms with Crippen molar-refractivity contribution >= 4 is 12.1 Å². The van der Waals surface area contributed by atoms with E-state index in [0.717, 1.165) is 24.8 Å². The molecular formula is C17H24N2O4. The minimum atomic E-state index is -1.01. The Hall–Kier alpha value is -2.11. The zero-order chi connectivity index (χ0) is 17.0. The topological polar surface area (TPSA) is 79.7 Å². The molecule has 1 saturated heterocycles. The number of pyridine rings is 1. The van der Waals surface area contributed by atoms with Gasteiger partial charge >= 0.3 is 12.1 Å². The summed E-state index contributed by atoms with van der Waals surface area (Å²) >= 11 is 0. The molecule has 1 fully saturated rings. The van der Waals surface area contributed by atoms with Gasteiger partial charge in [0.15, 0.2) is 0 Å². The molecule has 6 nitrogen and oxygen atoms in total. The zero-order valence-corrected chi connectivity index (χ0v) is 13.9. The van der Waals surface area contributed by atoms with Crippen molar-refractivity contribution in [3.8, 4) is 0 Å². The van der Waals surface area contributed by atoms with E-state index in [9.17, 15) is 9.59 Å². The van der Waals surface area contributed by atoms with Crippen LogP contribution in [0.5, 0.6) is 0 Å². The largest absolute Gasteiger partial charge is 0.477 e. The number of aromatic nitrogens is 1. The lowest BCUT2D eigenvalue weighted by Crippen LogP contribution is -2.42. The average molecular weight is 320 g/mol. The molecule has 0 aliphatic carbocycles. The van der Waals surface area contributed by atoms with Crippen molar-refractivity contribution in [2.45, 2.75) is 45.6 Å². The highest BCUT2D eigenvalue weighted by molar-refractivity contribution is 5.85. The normalized spacial score (nSPS) is 16.2. The lowest BCUT2D eigenvalue weighted by atomic mass is 9.91. The number of likely N-dealkylation sites (tertiary alicyclic amines) is 1. The average Bonchev–Trinajstić information content (AvgIpc) is 2.46. The maximum absolute atomic E-state index is 12.0. The van der Waals surface area contributed by atoms with Crippen molar-refractivity contribution in [2.75, 3.05) is 13.1 Å². The molecule has 0 radical (unpaired) electrons. The van der Waals surface area contributed by atoms with Crippen LogP contribution in [-0.2, 0) is 11.2 Å². The van der Waals surface area contributed by atoms with Gasteiger partial charge in [-0.2, -0.15) is 0 Å². The predicted molar refractivity (Wildman–Crippen MR) is 85.4 cm³/mol.